The van der Waals surface area contributed by atoms with Crippen LogP contribution in [0.3, 0.4) is 0 Å². The second-order valence-corrected chi connectivity index (χ2v) is 10.7. The fraction of sp³-hybridized carbons (Fsp3) is 0.353. The van der Waals surface area contributed by atoms with Gasteiger partial charge in [0, 0.05) is 45.5 Å². The number of aliphatic hydroxyl groups is 1. The molecular formula is C34H41N3O5. The van der Waals surface area contributed by atoms with E-state index < -0.39 is 6.10 Å². The van der Waals surface area contributed by atoms with E-state index in [4.69, 9.17) is 24.7 Å². The van der Waals surface area contributed by atoms with Crippen LogP contribution in [0.25, 0.3) is 12.3 Å². The van der Waals surface area contributed by atoms with Gasteiger partial charge in [-0.15, -0.1) is 0 Å². The van der Waals surface area contributed by atoms with E-state index in [1.165, 1.54) is 0 Å². The first kappa shape index (κ1) is 29.7. The highest BCUT2D eigenvalue weighted by Gasteiger charge is 2.34. The predicted molar refractivity (Wildman–Crippen MR) is 166 cm³/mol. The largest absolute Gasteiger partial charge is 0.490 e. The smallest absolute Gasteiger partial charge is 0.142 e. The fourth-order valence-corrected chi connectivity index (χ4v) is 5.62. The molecular weight excluding hydrogens is 530 g/mol. The minimum atomic E-state index is -0.573. The number of methoxy groups -OCH3 is 1. The molecule has 42 heavy (non-hydrogen) atoms. The van der Waals surface area contributed by atoms with Gasteiger partial charge in [0.15, 0.2) is 0 Å². The van der Waals surface area contributed by atoms with Crippen molar-refractivity contribution >= 4 is 18.0 Å². The maximum absolute atomic E-state index is 11.0. The van der Waals surface area contributed by atoms with Gasteiger partial charge in [-0.05, 0) is 58.3 Å². The van der Waals surface area contributed by atoms with E-state index in [0.717, 1.165) is 59.1 Å². The summed E-state index contributed by atoms with van der Waals surface area (Å²) in [6.45, 7) is 8.83. The van der Waals surface area contributed by atoms with Crippen molar-refractivity contribution in [3.8, 4) is 11.5 Å². The zero-order valence-corrected chi connectivity index (χ0v) is 24.2. The van der Waals surface area contributed by atoms with Crippen LogP contribution in [0.1, 0.15) is 23.5 Å². The summed E-state index contributed by atoms with van der Waals surface area (Å²) in [4.78, 5) is 2.35. The zero-order valence-electron chi connectivity index (χ0n) is 24.2. The van der Waals surface area contributed by atoms with E-state index in [-0.39, 0.29) is 12.0 Å². The summed E-state index contributed by atoms with van der Waals surface area (Å²) in [5.41, 5.74) is 8.90. The average molecular weight is 572 g/mol. The molecule has 2 aliphatic rings. The Labute approximate surface area is 247 Å². The number of β-amino-alcohol motifs (C(OH)–C–C–N with tert-alkyl or cyclic N) is 1. The van der Waals surface area contributed by atoms with Crippen LogP contribution >= 0.6 is 0 Å². The Bertz CT molecular complexity index is 1460. The lowest BCUT2D eigenvalue weighted by Gasteiger charge is -2.36. The van der Waals surface area contributed by atoms with E-state index >= 15 is 0 Å². The molecule has 0 spiro atoms. The molecule has 2 heterocycles. The van der Waals surface area contributed by atoms with E-state index in [2.05, 4.69) is 28.9 Å². The van der Waals surface area contributed by atoms with Crippen molar-refractivity contribution in [1.82, 2.24) is 5.32 Å². The van der Waals surface area contributed by atoms with Crippen molar-refractivity contribution in [2.24, 2.45) is 5.73 Å². The van der Waals surface area contributed by atoms with Crippen molar-refractivity contribution in [2.45, 2.75) is 31.2 Å². The normalized spacial score (nSPS) is 21.1. The Hall–Kier alpha value is -3.82. The minimum absolute atomic E-state index is 0.173. The predicted octanol–water partition coefficient (Wildman–Crippen LogP) is 2.62. The fourth-order valence-electron chi connectivity index (χ4n) is 5.62. The van der Waals surface area contributed by atoms with Gasteiger partial charge in [0.2, 0.25) is 0 Å². The lowest BCUT2D eigenvalue weighted by molar-refractivity contribution is -0.0328. The molecule has 8 heteroatoms. The molecule has 222 valence electrons. The second-order valence-electron chi connectivity index (χ2n) is 10.7. The van der Waals surface area contributed by atoms with Crippen LogP contribution < -0.4 is 35.9 Å². The first-order valence-corrected chi connectivity index (χ1v) is 14.5. The highest BCUT2D eigenvalue weighted by atomic mass is 16.5. The molecule has 0 bridgehead atoms. The van der Waals surface area contributed by atoms with Gasteiger partial charge in [0.25, 0.3) is 0 Å². The summed E-state index contributed by atoms with van der Waals surface area (Å²) in [7, 11) is 1.73. The summed E-state index contributed by atoms with van der Waals surface area (Å²) in [6, 6.07) is 21.8. The monoisotopic (exact) mass is 571 g/mol. The number of fused-ring (bicyclic) bond motifs is 1. The van der Waals surface area contributed by atoms with Crippen LogP contribution in [0.2, 0.25) is 0 Å². The molecule has 0 amide bonds. The van der Waals surface area contributed by atoms with Gasteiger partial charge in [-0.25, -0.2) is 0 Å². The molecule has 4 N–H and O–H groups in total. The molecule has 5 rings (SSSR count). The van der Waals surface area contributed by atoms with Crippen LogP contribution in [-0.4, -0.2) is 63.8 Å². The summed E-state index contributed by atoms with van der Waals surface area (Å²) in [5, 5.41) is 16.1. The summed E-state index contributed by atoms with van der Waals surface area (Å²) >= 11 is 0. The minimum Gasteiger partial charge on any atom is -0.490 e. The molecule has 3 aromatic carbocycles. The molecule has 3 aromatic rings. The number of hydrogen-bond donors (Lipinski definition) is 3. The number of hydrogen-bond acceptors (Lipinski definition) is 8. The van der Waals surface area contributed by atoms with Crippen molar-refractivity contribution < 1.29 is 24.1 Å². The summed E-state index contributed by atoms with van der Waals surface area (Å²) < 4.78 is 23.5. The number of piperidine rings is 1. The Kier molecular flexibility index (Phi) is 10.2. The van der Waals surface area contributed by atoms with Gasteiger partial charge in [-0.1, -0.05) is 49.0 Å². The van der Waals surface area contributed by atoms with Crippen LogP contribution in [0.15, 0.2) is 79.1 Å². The molecule has 1 fully saturated rings. The van der Waals surface area contributed by atoms with Gasteiger partial charge in [0.05, 0.1) is 31.0 Å². The lowest BCUT2D eigenvalue weighted by atomic mass is 9.85. The first-order valence-electron chi connectivity index (χ1n) is 14.5. The average Bonchev–Trinajstić information content (AvgIpc) is 3.01. The topological polar surface area (TPSA) is 98.4 Å². The third-order valence-electron chi connectivity index (χ3n) is 7.74. The van der Waals surface area contributed by atoms with E-state index in [0.29, 0.717) is 37.8 Å². The van der Waals surface area contributed by atoms with Crippen LogP contribution in [0.4, 0.5) is 5.69 Å². The van der Waals surface area contributed by atoms with Crippen molar-refractivity contribution in [2.75, 3.05) is 51.4 Å². The third kappa shape index (κ3) is 7.33. The highest BCUT2D eigenvalue weighted by Crippen LogP contribution is 2.34. The van der Waals surface area contributed by atoms with Gasteiger partial charge < -0.3 is 40.0 Å². The Morgan fingerprint density at radius 2 is 1.93 bits per heavy atom. The highest BCUT2D eigenvalue weighted by molar-refractivity contribution is 5.61. The molecule has 3 atom stereocenters. The molecule has 0 radical (unpaired) electrons. The van der Waals surface area contributed by atoms with Crippen molar-refractivity contribution in [1.29, 1.82) is 0 Å². The molecule has 1 saturated heterocycles. The number of aliphatic hydroxyl groups excluding tert-OH is 1. The second kappa shape index (κ2) is 14.4. The number of rotatable bonds is 11. The quantitative estimate of drug-likeness (QED) is 0.239. The molecule has 0 saturated carbocycles. The molecule has 0 aliphatic carbocycles. The van der Waals surface area contributed by atoms with E-state index in [9.17, 15) is 5.11 Å². The van der Waals surface area contributed by atoms with Crippen LogP contribution in [0, 0.1) is 0 Å². The number of nitrogens with one attached hydrogen (secondary N) is 1. The van der Waals surface area contributed by atoms with E-state index in [1.54, 1.807) is 13.3 Å². The lowest BCUT2D eigenvalue weighted by Crippen LogP contribution is -2.49. The van der Waals surface area contributed by atoms with E-state index in [1.807, 2.05) is 60.7 Å². The standard InChI is InChI=1S/C34H41N3O5/c1-24(18-27-6-3-4-7-28(27)20-35)42-29-11-9-26(10-12-29)34-31(38)21-36-22-33(34)41-23-25-8-13-32-30(19-25)37(15-17-40-32)14-5-16-39-2/h3-4,6-13,18-20,31,33-34,36,38H,1,5,14-17,21-23,35H2,2H3/b27-18-,28-20-/t31-,33+,34+/m1/s1. The summed E-state index contributed by atoms with van der Waals surface area (Å²) in [5.74, 6) is 1.91. The van der Waals surface area contributed by atoms with Crippen LogP contribution in [0.5, 0.6) is 11.5 Å². The number of ether oxygens (including phenoxy) is 4. The molecule has 8 nitrogen and oxygen atoms in total. The van der Waals surface area contributed by atoms with Crippen molar-refractivity contribution in [3.63, 3.8) is 0 Å². The zero-order chi connectivity index (χ0) is 29.3. The number of nitrogens with two attached hydrogens (primary N) is 1. The van der Waals surface area contributed by atoms with Crippen molar-refractivity contribution in [3.05, 3.63) is 101 Å². The Morgan fingerprint density at radius 1 is 1.12 bits per heavy atom. The van der Waals surface area contributed by atoms with Crippen LogP contribution in [-0.2, 0) is 16.1 Å². The van der Waals surface area contributed by atoms with Gasteiger partial charge >= 0.3 is 0 Å². The van der Waals surface area contributed by atoms with Gasteiger partial charge in [-0.3, -0.25) is 0 Å². The molecule has 0 unspecified atom stereocenters. The SMILES string of the molecule is C=C(/C=c1/cccc/c1=C/N)Oc1ccc([C@H]2[C@H](O)CNC[C@@H]2OCc2ccc3c(c2)N(CCCOC)CCO3)cc1. The number of allylic oxidation sites excluding steroid dienone is 1. The molecule has 2 aliphatic heterocycles. The number of nitrogens with zero attached hydrogens (tertiary/aromatic N) is 1. The first-order chi connectivity index (χ1) is 20.6. The maximum Gasteiger partial charge on any atom is 0.142 e. The van der Waals surface area contributed by atoms with Gasteiger partial charge in [-0.2, -0.15) is 0 Å². The number of anilines is 1. The summed E-state index contributed by atoms with van der Waals surface area (Å²) in [6.07, 6.45) is 3.62. The Morgan fingerprint density at radius 3 is 2.71 bits per heavy atom. The Balaban J connectivity index is 1.25. The number of benzene rings is 3. The third-order valence-corrected chi connectivity index (χ3v) is 7.74. The van der Waals surface area contributed by atoms with Gasteiger partial charge in [0.1, 0.15) is 23.9 Å². The maximum atomic E-state index is 11.0. The molecule has 0 aromatic heterocycles.